The van der Waals surface area contributed by atoms with Crippen LogP contribution in [0, 0.1) is 11.3 Å². The molecule has 1 aliphatic rings. The van der Waals surface area contributed by atoms with Crippen LogP contribution in [0.5, 0.6) is 0 Å². The molecular formula is C12H13N3O3S. The lowest BCUT2D eigenvalue weighted by Crippen LogP contribution is -2.38. The molecule has 1 saturated heterocycles. The summed E-state index contributed by atoms with van der Waals surface area (Å²) < 4.78 is 22.5. The van der Waals surface area contributed by atoms with Crippen molar-refractivity contribution in [3.63, 3.8) is 0 Å². The summed E-state index contributed by atoms with van der Waals surface area (Å²) in [6.45, 7) is 0. The Labute approximate surface area is 111 Å². The van der Waals surface area contributed by atoms with E-state index >= 15 is 0 Å². The zero-order valence-corrected chi connectivity index (χ0v) is 10.9. The standard InChI is InChI=1S/C12H13N3O3S/c13-7-9-2-1-3-10(6-9)14-12(16)15-11-4-5-19(17,18)8-11/h1-3,6,11H,4-5,8H2,(H2,14,15,16)/t11-/m0/s1. The van der Waals surface area contributed by atoms with Crippen LogP contribution in [-0.2, 0) is 9.84 Å². The molecule has 1 aliphatic heterocycles. The Morgan fingerprint density at radius 1 is 1.42 bits per heavy atom. The maximum atomic E-state index is 11.7. The number of carbonyl (C=O) groups excluding carboxylic acids is 1. The van der Waals surface area contributed by atoms with Gasteiger partial charge in [0.25, 0.3) is 0 Å². The molecule has 100 valence electrons. The zero-order valence-electron chi connectivity index (χ0n) is 10.1. The average molecular weight is 279 g/mol. The highest BCUT2D eigenvalue weighted by atomic mass is 32.2. The Morgan fingerprint density at radius 2 is 2.21 bits per heavy atom. The van der Waals surface area contributed by atoms with Crippen molar-refractivity contribution in [1.29, 1.82) is 5.26 Å². The lowest BCUT2D eigenvalue weighted by molar-refractivity contribution is 0.249. The molecular weight excluding hydrogens is 266 g/mol. The number of nitrogens with zero attached hydrogens (tertiary/aromatic N) is 1. The number of hydrogen-bond donors (Lipinski definition) is 2. The molecule has 0 bridgehead atoms. The molecule has 0 saturated carbocycles. The quantitative estimate of drug-likeness (QED) is 0.839. The summed E-state index contributed by atoms with van der Waals surface area (Å²) in [5, 5.41) is 13.9. The third-order valence-corrected chi connectivity index (χ3v) is 4.59. The predicted octanol–water partition coefficient (Wildman–Crippen LogP) is 0.867. The normalized spacial score (nSPS) is 20.5. The molecule has 1 aromatic carbocycles. The molecule has 0 aliphatic carbocycles. The van der Waals surface area contributed by atoms with E-state index in [4.69, 9.17) is 5.26 Å². The highest BCUT2D eigenvalue weighted by Crippen LogP contribution is 2.12. The Bertz CT molecular complexity index is 634. The molecule has 1 aromatic rings. The van der Waals surface area contributed by atoms with Crippen molar-refractivity contribution < 1.29 is 13.2 Å². The number of nitriles is 1. The van der Waals surface area contributed by atoms with Gasteiger partial charge in [0.2, 0.25) is 0 Å². The first-order valence-electron chi connectivity index (χ1n) is 5.76. The van der Waals surface area contributed by atoms with Crippen LogP contribution in [0.1, 0.15) is 12.0 Å². The number of nitrogens with one attached hydrogen (secondary N) is 2. The minimum absolute atomic E-state index is 0.0152. The minimum atomic E-state index is -3.01. The third-order valence-electron chi connectivity index (χ3n) is 2.82. The van der Waals surface area contributed by atoms with Crippen molar-refractivity contribution in [2.75, 3.05) is 16.8 Å². The second-order valence-electron chi connectivity index (χ2n) is 4.39. The fourth-order valence-corrected chi connectivity index (χ4v) is 3.60. The highest BCUT2D eigenvalue weighted by molar-refractivity contribution is 7.91. The first-order valence-corrected chi connectivity index (χ1v) is 7.59. The second kappa shape index (κ2) is 5.28. The number of benzene rings is 1. The zero-order chi connectivity index (χ0) is 13.9. The summed E-state index contributed by atoms with van der Waals surface area (Å²) in [5.74, 6) is 0.0977. The minimum Gasteiger partial charge on any atom is -0.334 e. The van der Waals surface area contributed by atoms with Crippen LogP contribution in [0.25, 0.3) is 0 Å². The summed E-state index contributed by atoms with van der Waals surface area (Å²) in [6, 6.07) is 7.67. The number of hydrogen-bond acceptors (Lipinski definition) is 4. The van der Waals surface area contributed by atoms with Gasteiger partial charge >= 0.3 is 6.03 Å². The number of urea groups is 1. The van der Waals surface area contributed by atoms with Crippen molar-refractivity contribution in [3.05, 3.63) is 29.8 Å². The van der Waals surface area contributed by atoms with Crippen LogP contribution < -0.4 is 10.6 Å². The maximum absolute atomic E-state index is 11.7. The molecule has 1 atom stereocenters. The Morgan fingerprint density at radius 3 is 2.84 bits per heavy atom. The van der Waals surface area contributed by atoms with Gasteiger partial charge in [0.15, 0.2) is 9.84 Å². The van der Waals surface area contributed by atoms with E-state index < -0.39 is 15.9 Å². The predicted molar refractivity (Wildman–Crippen MR) is 70.4 cm³/mol. The first kappa shape index (κ1) is 13.4. The van der Waals surface area contributed by atoms with Crippen molar-refractivity contribution in [2.45, 2.75) is 12.5 Å². The molecule has 7 heteroatoms. The molecule has 2 N–H and O–H groups in total. The van der Waals surface area contributed by atoms with E-state index in [2.05, 4.69) is 10.6 Å². The van der Waals surface area contributed by atoms with Gasteiger partial charge in [-0.3, -0.25) is 0 Å². The van der Waals surface area contributed by atoms with Crippen LogP contribution >= 0.6 is 0 Å². The smallest absolute Gasteiger partial charge is 0.319 e. The number of carbonyl (C=O) groups is 1. The fraction of sp³-hybridized carbons (Fsp3) is 0.333. The van der Waals surface area contributed by atoms with Gasteiger partial charge in [-0.1, -0.05) is 6.07 Å². The van der Waals surface area contributed by atoms with E-state index in [1.165, 1.54) is 0 Å². The number of anilines is 1. The third kappa shape index (κ3) is 3.69. The summed E-state index contributed by atoms with van der Waals surface area (Å²) >= 11 is 0. The van der Waals surface area contributed by atoms with Gasteiger partial charge in [0.1, 0.15) is 0 Å². The maximum Gasteiger partial charge on any atom is 0.319 e. The monoisotopic (exact) mass is 279 g/mol. The number of rotatable bonds is 2. The lowest BCUT2D eigenvalue weighted by atomic mass is 10.2. The van der Waals surface area contributed by atoms with Crippen molar-refractivity contribution in [2.24, 2.45) is 0 Å². The molecule has 1 heterocycles. The molecule has 19 heavy (non-hydrogen) atoms. The van der Waals surface area contributed by atoms with Crippen molar-refractivity contribution in [1.82, 2.24) is 5.32 Å². The van der Waals surface area contributed by atoms with Crippen molar-refractivity contribution in [3.8, 4) is 6.07 Å². The molecule has 0 unspecified atom stereocenters. The first-order chi connectivity index (χ1) is 8.98. The topological polar surface area (TPSA) is 99.1 Å². The Hall–Kier alpha value is -2.07. The summed E-state index contributed by atoms with van der Waals surface area (Å²) in [5.41, 5.74) is 0.943. The van der Waals surface area contributed by atoms with Gasteiger partial charge in [0, 0.05) is 11.7 Å². The highest BCUT2D eigenvalue weighted by Gasteiger charge is 2.28. The molecule has 1 fully saturated rings. The molecule has 0 radical (unpaired) electrons. The van der Waals surface area contributed by atoms with E-state index in [1.54, 1.807) is 24.3 Å². The van der Waals surface area contributed by atoms with Crippen molar-refractivity contribution >= 4 is 21.6 Å². The van der Waals surface area contributed by atoms with Crippen LogP contribution in [0.3, 0.4) is 0 Å². The average Bonchev–Trinajstić information content (AvgIpc) is 2.68. The molecule has 0 aromatic heterocycles. The van der Waals surface area contributed by atoms with E-state index in [9.17, 15) is 13.2 Å². The molecule has 2 amide bonds. The molecule has 6 nitrogen and oxygen atoms in total. The summed E-state index contributed by atoms with van der Waals surface area (Å²) in [4.78, 5) is 11.7. The largest absolute Gasteiger partial charge is 0.334 e. The summed E-state index contributed by atoms with van der Waals surface area (Å²) in [6.07, 6.45) is 0.438. The van der Waals surface area contributed by atoms with Crippen LogP contribution in [0.2, 0.25) is 0 Å². The second-order valence-corrected chi connectivity index (χ2v) is 6.62. The van der Waals surface area contributed by atoms with Crippen LogP contribution in [-0.4, -0.2) is 32.0 Å². The van der Waals surface area contributed by atoms with Gasteiger partial charge < -0.3 is 10.6 Å². The Kier molecular flexibility index (Phi) is 3.71. The van der Waals surface area contributed by atoms with Gasteiger partial charge in [0.05, 0.1) is 23.1 Å². The van der Waals surface area contributed by atoms with Gasteiger partial charge in [-0.15, -0.1) is 0 Å². The molecule has 2 rings (SSSR count). The summed E-state index contributed by atoms with van der Waals surface area (Å²) in [7, 11) is -3.01. The van der Waals surface area contributed by atoms with E-state index in [-0.39, 0.29) is 17.5 Å². The van der Waals surface area contributed by atoms with E-state index in [0.29, 0.717) is 17.7 Å². The number of amides is 2. The molecule has 0 spiro atoms. The number of sulfone groups is 1. The van der Waals surface area contributed by atoms with Gasteiger partial charge in [-0.2, -0.15) is 5.26 Å². The van der Waals surface area contributed by atoms with Crippen LogP contribution in [0.15, 0.2) is 24.3 Å². The SMILES string of the molecule is N#Cc1cccc(NC(=O)N[C@H]2CCS(=O)(=O)C2)c1. The van der Waals surface area contributed by atoms with Gasteiger partial charge in [-0.25, -0.2) is 13.2 Å². The fourth-order valence-electron chi connectivity index (χ4n) is 1.93. The van der Waals surface area contributed by atoms with E-state index in [1.807, 2.05) is 6.07 Å². The van der Waals surface area contributed by atoms with E-state index in [0.717, 1.165) is 0 Å². The van der Waals surface area contributed by atoms with Crippen LogP contribution in [0.4, 0.5) is 10.5 Å². The van der Waals surface area contributed by atoms with Gasteiger partial charge in [-0.05, 0) is 24.6 Å². The Balaban J connectivity index is 1.93. The lowest BCUT2D eigenvalue weighted by Gasteiger charge is -2.12.